The molecule has 2 rings (SSSR count). The van der Waals surface area contributed by atoms with Gasteiger partial charge < -0.3 is 10.5 Å². The first-order chi connectivity index (χ1) is 9.10. The summed E-state index contributed by atoms with van der Waals surface area (Å²) in [5, 5.41) is 1.10. The zero-order valence-corrected chi connectivity index (χ0v) is 12.5. The van der Waals surface area contributed by atoms with E-state index in [9.17, 15) is 0 Å². The van der Waals surface area contributed by atoms with E-state index in [0.717, 1.165) is 22.9 Å². The topological polar surface area (TPSA) is 48.1 Å². The fourth-order valence-electron chi connectivity index (χ4n) is 1.84. The van der Waals surface area contributed by atoms with Gasteiger partial charge in [-0.15, -0.1) is 11.3 Å². The van der Waals surface area contributed by atoms with Crippen LogP contribution in [0.3, 0.4) is 0 Å². The zero-order valence-electron chi connectivity index (χ0n) is 11.7. The quantitative estimate of drug-likeness (QED) is 0.912. The molecule has 0 atom stereocenters. The fraction of sp³-hybridized carbons (Fsp3) is 0.400. The number of thiazole rings is 1. The van der Waals surface area contributed by atoms with E-state index >= 15 is 0 Å². The molecule has 0 saturated heterocycles. The third-order valence-electron chi connectivity index (χ3n) is 3.19. The predicted octanol–water partition coefficient (Wildman–Crippen LogP) is 3.15. The van der Waals surface area contributed by atoms with E-state index in [1.54, 1.807) is 11.3 Å². The Bertz CT molecular complexity index is 563. The Morgan fingerprint density at radius 2 is 2.00 bits per heavy atom. The SMILES string of the molecule is Cc1ccc(OCCc2nc(C)c(CN)s2)cc1C. The third-order valence-corrected chi connectivity index (χ3v) is 4.42. The van der Waals surface area contributed by atoms with E-state index in [2.05, 4.69) is 31.0 Å². The Morgan fingerprint density at radius 1 is 1.21 bits per heavy atom. The minimum absolute atomic E-state index is 0.571. The first kappa shape index (κ1) is 14.0. The number of rotatable bonds is 5. The molecule has 1 aromatic carbocycles. The van der Waals surface area contributed by atoms with Crippen molar-refractivity contribution < 1.29 is 4.74 Å². The van der Waals surface area contributed by atoms with Gasteiger partial charge in [0, 0.05) is 17.8 Å². The molecule has 3 nitrogen and oxygen atoms in total. The lowest BCUT2D eigenvalue weighted by molar-refractivity contribution is 0.321. The van der Waals surface area contributed by atoms with Crippen LogP contribution in [-0.4, -0.2) is 11.6 Å². The zero-order chi connectivity index (χ0) is 13.8. The average molecular weight is 276 g/mol. The Kier molecular flexibility index (Phi) is 4.56. The molecule has 0 radical (unpaired) electrons. The summed E-state index contributed by atoms with van der Waals surface area (Å²) in [4.78, 5) is 5.67. The van der Waals surface area contributed by atoms with Crippen molar-refractivity contribution in [3.8, 4) is 5.75 Å². The van der Waals surface area contributed by atoms with Gasteiger partial charge in [-0.1, -0.05) is 6.07 Å². The monoisotopic (exact) mass is 276 g/mol. The summed E-state index contributed by atoms with van der Waals surface area (Å²) in [7, 11) is 0. The van der Waals surface area contributed by atoms with Crippen molar-refractivity contribution in [2.24, 2.45) is 5.73 Å². The van der Waals surface area contributed by atoms with Gasteiger partial charge in [0.2, 0.25) is 0 Å². The molecule has 1 aromatic heterocycles. The van der Waals surface area contributed by atoms with E-state index in [1.165, 1.54) is 16.0 Å². The fourth-order valence-corrected chi connectivity index (χ4v) is 2.77. The van der Waals surface area contributed by atoms with Gasteiger partial charge in [-0.05, 0) is 44.0 Å². The molecule has 0 unspecified atom stereocenters. The molecule has 0 spiro atoms. The van der Waals surface area contributed by atoms with Crippen LogP contribution in [0.25, 0.3) is 0 Å². The van der Waals surface area contributed by atoms with Gasteiger partial charge in [0.1, 0.15) is 5.75 Å². The van der Waals surface area contributed by atoms with Crippen LogP contribution in [0, 0.1) is 20.8 Å². The first-order valence-corrected chi connectivity index (χ1v) is 7.27. The Morgan fingerprint density at radius 3 is 2.63 bits per heavy atom. The smallest absolute Gasteiger partial charge is 0.119 e. The van der Waals surface area contributed by atoms with Crippen molar-refractivity contribution in [2.45, 2.75) is 33.7 Å². The molecular weight excluding hydrogens is 256 g/mol. The standard InChI is InChI=1S/C15H20N2OS/c1-10-4-5-13(8-11(10)2)18-7-6-15-17-12(3)14(9-16)19-15/h4-5,8H,6-7,9,16H2,1-3H3. The summed E-state index contributed by atoms with van der Waals surface area (Å²) in [5.74, 6) is 0.926. The van der Waals surface area contributed by atoms with Crippen molar-refractivity contribution in [3.05, 3.63) is 44.9 Å². The maximum absolute atomic E-state index is 5.76. The summed E-state index contributed by atoms with van der Waals surface area (Å²) in [6, 6.07) is 6.18. The Balaban J connectivity index is 1.90. The number of nitrogens with zero attached hydrogens (tertiary/aromatic N) is 1. The van der Waals surface area contributed by atoms with Crippen LogP contribution in [0.4, 0.5) is 0 Å². The summed E-state index contributed by atoms with van der Waals surface area (Å²) < 4.78 is 5.76. The molecule has 2 N–H and O–H groups in total. The van der Waals surface area contributed by atoms with Crippen LogP contribution < -0.4 is 10.5 Å². The van der Waals surface area contributed by atoms with Crippen LogP contribution in [0.2, 0.25) is 0 Å². The third kappa shape index (κ3) is 3.55. The van der Waals surface area contributed by atoms with E-state index in [1.807, 2.05) is 13.0 Å². The van der Waals surface area contributed by atoms with Crippen molar-refractivity contribution in [3.63, 3.8) is 0 Å². The predicted molar refractivity (Wildman–Crippen MR) is 79.9 cm³/mol. The Hall–Kier alpha value is -1.39. The number of ether oxygens (including phenoxy) is 1. The molecule has 0 aliphatic heterocycles. The first-order valence-electron chi connectivity index (χ1n) is 6.45. The maximum atomic E-state index is 5.76. The second-order valence-electron chi connectivity index (χ2n) is 4.66. The van der Waals surface area contributed by atoms with Crippen LogP contribution in [-0.2, 0) is 13.0 Å². The number of benzene rings is 1. The molecule has 0 aliphatic carbocycles. The summed E-state index contributed by atoms with van der Waals surface area (Å²) in [6.07, 6.45) is 0.832. The van der Waals surface area contributed by atoms with Crippen molar-refractivity contribution in [1.82, 2.24) is 4.98 Å². The summed E-state index contributed by atoms with van der Waals surface area (Å²) >= 11 is 1.68. The highest BCUT2D eigenvalue weighted by molar-refractivity contribution is 7.11. The second kappa shape index (κ2) is 6.17. The van der Waals surface area contributed by atoms with Gasteiger partial charge in [-0.2, -0.15) is 0 Å². The number of hydrogen-bond donors (Lipinski definition) is 1. The van der Waals surface area contributed by atoms with Crippen LogP contribution in [0.5, 0.6) is 5.75 Å². The van der Waals surface area contributed by atoms with E-state index in [0.29, 0.717) is 13.2 Å². The lowest BCUT2D eigenvalue weighted by Crippen LogP contribution is -2.01. The number of aryl methyl sites for hydroxylation is 3. The lowest BCUT2D eigenvalue weighted by Gasteiger charge is -2.07. The summed E-state index contributed by atoms with van der Waals surface area (Å²) in [6.45, 7) is 7.43. The second-order valence-corrected chi connectivity index (χ2v) is 5.83. The highest BCUT2D eigenvalue weighted by Crippen LogP contribution is 2.19. The number of nitrogens with two attached hydrogens (primary N) is 1. The molecule has 19 heavy (non-hydrogen) atoms. The molecule has 0 bridgehead atoms. The van der Waals surface area contributed by atoms with Crippen LogP contribution >= 0.6 is 11.3 Å². The Labute approximate surface area is 118 Å². The highest BCUT2D eigenvalue weighted by atomic mass is 32.1. The van der Waals surface area contributed by atoms with Gasteiger partial charge in [0.15, 0.2) is 0 Å². The molecule has 0 amide bonds. The number of aromatic nitrogens is 1. The van der Waals surface area contributed by atoms with Gasteiger partial charge in [0.25, 0.3) is 0 Å². The van der Waals surface area contributed by atoms with E-state index in [4.69, 9.17) is 10.5 Å². The van der Waals surface area contributed by atoms with Crippen LogP contribution in [0.1, 0.15) is 26.7 Å². The molecule has 2 aromatic rings. The average Bonchev–Trinajstić information content (AvgIpc) is 2.74. The summed E-state index contributed by atoms with van der Waals surface area (Å²) in [5.41, 5.74) is 9.25. The van der Waals surface area contributed by atoms with Gasteiger partial charge in [-0.3, -0.25) is 0 Å². The van der Waals surface area contributed by atoms with Gasteiger partial charge in [-0.25, -0.2) is 4.98 Å². The largest absolute Gasteiger partial charge is 0.493 e. The van der Waals surface area contributed by atoms with Crippen LogP contribution in [0.15, 0.2) is 18.2 Å². The minimum atomic E-state index is 0.571. The molecule has 0 aliphatic rings. The van der Waals surface area contributed by atoms with Gasteiger partial charge >= 0.3 is 0 Å². The normalized spacial score (nSPS) is 10.7. The van der Waals surface area contributed by atoms with E-state index in [-0.39, 0.29) is 0 Å². The molecule has 102 valence electrons. The van der Waals surface area contributed by atoms with E-state index < -0.39 is 0 Å². The van der Waals surface area contributed by atoms with Crippen molar-refractivity contribution in [2.75, 3.05) is 6.61 Å². The number of hydrogen-bond acceptors (Lipinski definition) is 4. The molecule has 0 saturated carbocycles. The lowest BCUT2D eigenvalue weighted by atomic mass is 10.1. The molecule has 0 fully saturated rings. The molecule has 4 heteroatoms. The van der Waals surface area contributed by atoms with Crippen molar-refractivity contribution >= 4 is 11.3 Å². The van der Waals surface area contributed by atoms with Crippen molar-refractivity contribution in [1.29, 1.82) is 0 Å². The molecule has 1 heterocycles. The highest BCUT2D eigenvalue weighted by Gasteiger charge is 2.06. The minimum Gasteiger partial charge on any atom is -0.493 e. The molecular formula is C15H20N2OS. The maximum Gasteiger partial charge on any atom is 0.119 e. The van der Waals surface area contributed by atoms with Gasteiger partial charge in [0.05, 0.1) is 17.3 Å².